The highest BCUT2D eigenvalue weighted by Gasteiger charge is 2.08. The van der Waals surface area contributed by atoms with Gasteiger partial charge in [0, 0.05) is 27.2 Å². The molecule has 1 aromatic heterocycles. The number of nitrogens with one attached hydrogen (secondary N) is 2. The minimum atomic E-state index is -0.285. The fourth-order valence-electron chi connectivity index (χ4n) is 2.96. The van der Waals surface area contributed by atoms with Crippen molar-refractivity contribution in [3.8, 4) is 17.0 Å². The van der Waals surface area contributed by atoms with E-state index in [9.17, 15) is 4.79 Å². The lowest BCUT2D eigenvalue weighted by Gasteiger charge is -2.03. The summed E-state index contributed by atoms with van der Waals surface area (Å²) in [5.41, 5.74) is 6.59. The monoisotopic (exact) mass is 476 g/mol. The quantitative estimate of drug-likeness (QED) is 0.229. The Balaban J connectivity index is 1.34. The zero-order chi connectivity index (χ0) is 23.0. The fraction of sp³-hybridized carbons (Fsp3) is 0.0800. The molecule has 166 valence electrons. The number of aromatic nitrogens is 1. The predicted octanol–water partition coefficient (Wildman–Crippen LogP) is 6.37. The van der Waals surface area contributed by atoms with Crippen LogP contribution in [0.4, 0.5) is 10.8 Å². The third-order valence-corrected chi connectivity index (χ3v) is 5.62. The van der Waals surface area contributed by atoms with E-state index in [1.165, 1.54) is 11.3 Å². The van der Waals surface area contributed by atoms with E-state index in [0.717, 1.165) is 33.4 Å². The van der Waals surface area contributed by atoms with Crippen LogP contribution in [0.1, 0.15) is 22.8 Å². The van der Waals surface area contributed by atoms with Gasteiger partial charge in [-0.3, -0.25) is 4.79 Å². The lowest BCUT2D eigenvalue weighted by molar-refractivity contribution is 0.0955. The van der Waals surface area contributed by atoms with E-state index in [1.807, 2.05) is 73.0 Å². The van der Waals surface area contributed by atoms with E-state index in [-0.39, 0.29) is 5.91 Å². The normalized spacial score (nSPS) is 10.8. The Bertz CT molecular complexity index is 1240. The van der Waals surface area contributed by atoms with Crippen LogP contribution >= 0.6 is 22.9 Å². The topological polar surface area (TPSA) is 75.6 Å². The molecule has 0 atom stereocenters. The van der Waals surface area contributed by atoms with Crippen molar-refractivity contribution in [2.24, 2.45) is 5.10 Å². The van der Waals surface area contributed by atoms with Crippen LogP contribution < -0.4 is 15.5 Å². The van der Waals surface area contributed by atoms with Gasteiger partial charge in [0.1, 0.15) is 5.75 Å². The Morgan fingerprint density at radius 3 is 2.48 bits per heavy atom. The van der Waals surface area contributed by atoms with Crippen LogP contribution in [0.25, 0.3) is 11.3 Å². The number of ether oxygens (including phenoxy) is 1. The molecule has 0 saturated carbocycles. The zero-order valence-electron chi connectivity index (χ0n) is 17.8. The molecule has 0 aliphatic heterocycles. The minimum Gasteiger partial charge on any atom is -0.494 e. The van der Waals surface area contributed by atoms with E-state index in [2.05, 4.69) is 20.8 Å². The lowest BCUT2D eigenvalue weighted by Crippen LogP contribution is -2.17. The van der Waals surface area contributed by atoms with Gasteiger partial charge in [0.2, 0.25) is 0 Å². The largest absolute Gasteiger partial charge is 0.494 e. The van der Waals surface area contributed by atoms with Crippen molar-refractivity contribution >= 4 is 45.9 Å². The van der Waals surface area contributed by atoms with Gasteiger partial charge in [-0.15, -0.1) is 11.3 Å². The molecule has 33 heavy (non-hydrogen) atoms. The molecule has 6 nitrogen and oxygen atoms in total. The van der Waals surface area contributed by atoms with Crippen LogP contribution in [-0.4, -0.2) is 23.7 Å². The number of thiazole rings is 1. The van der Waals surface area contributed by atoms with Crippen LogP contribution in [-0.2, 0) is 0 Å². The Morgan fingerprint density at radius 1 is 1.06 bits per heavy atom. The molecule has 0 fully saturated rings. The van der Waals surface area contributed by atoms with E-state index >= 15 is 0 Å². The van der Waals surface area contributed by atoms with Gasteiger partial charge < -0.3 is 10.1 Å². The summed E-state index contributed by atoms with van der Waals surface area (Å²) in [6.45, 7) is 2.55. The maximum absolute atomic E-state index is 12.4. The van der Waals surface area contributed by atoms with Crippen LogP contribution in [0.3, 0.4) is 0 Å². The number of anilines is 2. The van der Waals surface area contributed by atoms with E-state index in [0.29, 0.717) is 17.2 Å². The Kier molecular flexibility index (Phi) is 7.34. The molecule has 3 aromatic carbocycles. The van der Waals surface area contributed by atoms with Crippen molar-refractivity contribution in [3.05, 3.63) is 94.3 Å². The molecule has 8 heteroatoms. The first kappa shape index (κ1) is 22.5. The summed E-state index contributed by atoms with van der Waals surface area (Å²) in [6.07, 6.45) is 1.59. The van der Waals surface area contributed by atoms with Crippen LogP contribution in [0.2, 0.25) is 5.02 Å². The summed E-state index contributed by atoms with van der Waals surface area (Å²) in [5.74, 6) is 0.513. The molecule has 0 unspecified atom stereocenters. The van der Waals surface area contributed by atoms with E-state index < -0.39 is 0 Å². The summed E-state index contributed by atoms with van der Waals surface area (Å²) in [5, 5.41) is 10.7. The smallest absolute Gasteiger partial charge is 0.271 e. The van der Waals surface area contributed by atoms with Gasteiger partial charge in [-0.1, -0.05) is 23.7 Å². The summed E-state index contributed by atoms with van der Waals surface area (Å²) in [6, 6.07) is 22.2. The molecule has 4 aromatic rings. The summed E-state index contributed by atoms with van der Waals surface area (Å²) in [7, 11) is 0. The number of carbonyl (C=O) groups excluding carboxylic acids is 1. The summed E-state index contributed by atoms with van der Waals surface area (Å²) in [4.78, 5) is 17.0. The standard InChI is InChI=1S/C25H21ClN4O2S/c1-2-32-22-13-3-17(4-14-22)15-27-30-24(31)19-7-5-18(6-8-19)23-16-33-25(29-23)28-21-11-9-20(26)10-12-21/h3-16H,2H2,1H3,(H,28,29)(H,30,31)/b27-15-. The Hall–Kier alpha value is -3.68. The van der Waals surface area contributed by atoms with E-state index in [1.54, 1.807) is 18.3 Å². The molecular formula is C25H21ClN4O2S. The number of hydrogen-bond acceptors (Lipinski definition) is 6. The molecule has 0 radical (unpaired) electrons. The van der Waals surface area contributed by atoms with Crippen molar-refractivity contribution in [2.45, 2.75) is 6.92 Å². The zero-order valence-corrected chi connectivity index (χ0v) is 19.4. The average Bonchev–Trinajstić information content (AvgIpc) is 3.30. The maximum Gasteiger partial charge on any atom is 0.271 e. The average molecular weight is 477 g/mol. The molecule has 0 bridgehead atoms. The molecule has 0 spiro atoms. The van der Waals surface area contributed by atoms with Crippen molar-refractivity contribution in [2.75, 3.05) is 11.9 Å². The van der Waals surface area contributed by atoms with Gasteiger partial charge in [-0.25, -0.2) is 10.4 Å². The molecule has 1 heterocycles. The predicted molar refractivity (Wildman–Crippen MR) is 135 cm³/mol. The molecule has 0 saturated heterocycles. The second-order valence-corrected chi connectivity index (χ2v) is 8.24. The molecular weight excluding hydrogens is 456 g/mol. The third kappa shape index (κ3) is 6.19. The number of amides is 1. The second kappa shape index (κ2) is 10.8. The number of hydrogen-bond donors (Lipinski definition) is 2. The van der Waals surface area contributed by atoms with Gasteiger partial charge in [-0.05, 0) is 73.2 Å². The van der Waals surface area contributed by atoms with Gasteiger partial charge in [-0.2, -0.15) is 5.10 Å². The first-order valence-electron chi connectivity index (χ1n) is 10.3. The number of benzene rings is 3. The van der Waals surface area contributed by atoms with Crippen molar-refractivity contribution < 1.29 is 9.53 Å². The number of rotatable bonds is 8. The molecule has 2 N–H and O–H groups in total. The third-order valence-electron chi connectivity index (χ3n) is 4.61. The Labute approximate surface area is 200 Å². The highest BCUT2D eigenvalue weighted by atomic mass is 35.5. The van der Waals surface area contributed by atoms with Gasteiger partial charge in [0.25, 0.3) is 5.91 Å². The lowest BCUT2D eigenvalue weighted by atomic mass is 10.1. The number of carbonyl (C=O) groups is 1. The number of hydrazone groups is 1. The highest BCUT2D eigenvalue weighted by Crippen LogP contribution is 2.27. The number of nitrogens with zero attached hydrogens (tertiary/aromatic N) is 2. The van der Waals surface area contributed by atoms with Crippen molar-refractivity contribution in [3.63, 3.8) is 0 Å². The van der Waals surface area contributed by atoms with E-state index in [4.69, 9.17) is 16.3 Å². The second-order valence-electron chi connectivity index (χ2n) is 6.95. The fourth-order valence-corrected chi connectivity index (χ4v) is 3.83. The molecule has 0 aliphatic carbocycles. The molecule has 4 rings (SSSR count). The SMILES string of the molecule is CCOc1ccc(/C=N\NC(=O)c2ccc(-c3csc(Nc4ccc(Cl)cc4)n3)cc2)cc1. The first-order valence-corrected chi connectivity index (χ1v) is 11.5. The van der Waals surface area contributed by atoms with Gasteiger partial charge >= 0.3 is 0 Å². The van der Waals surface area contributed by atoms with Crippen molar-refractivity contribution in [1.82, 2.24) is 10.4 Å². The summed E-state index contributed by atoms with van der Waals surface area (Å²) >= 11 is 7.43. The highest BCUT2D eigenvalue weighted by molar-refractivity contribution is 7.14. The summed E-state index contributed by atoms with van der Waals surface area (Å²) < 4.78 is 5.41. The van der Waals surface area contributed by atoms with Crippen LogP contribution in [0.5, 0.6) is 5.75 Å². The van der Waals surface area contributed by atoms with Gasteiger partial charge in [0.15, 0.2) is 5.13 Å². The maximum atomic E-state index is 12.4. The molecule has 0 aliphatic rings. The minimum absolute atomic E-state index is 0.285. The van der Waals surface area contributed by atoms with Crippen LogP contribution in [0, 0.1) is 0 Å². The first-order chi connectivity index (χ1) is 16.1. The van der Waals surface area contributed by atoms with Gasteiger partial charge in [0.05, 0.1) is 18.5 Å². The van der Waals surface area contributed by atoms with Crippen LogP contribution in [0.15, 0.2) is 83.3 Å². The van der Waals surface area contributed by atoms with Crippen molar-refractivity contribution in [1.29, 1.82) is 0 Å². The molecule has 1 amide bonds. The number of halogens is 1. The Morgan fingerprint density at radius 2 is 1.79 bits per heavy atom.